The van der Waals surface area contributed by atoms with Crippen LogP contribution in [0.3, 0.4) is 0 Å². The van der Waals surface area contributed by atoms with Crippen molar-refractivity contribution in [3.63, 3.8) is 0 Å². The van der Waals surface area contributed by atoms with Gasteiger partial charge < -0.3 is 15.4 Å². The first-order valence-corrected chi connectivity index (χ1v) is 9.15. The van der Waals surface area contributed by atoms with Crippen LogP contribution in [0.4, 0.5) is 0 Å². The summed E-state index contributed by atoms with van der Waals surface area (Å²) in [4.78, 5) is 9.08. The Morgan fingerprint density at radius 3 is 2.62 bits per heavy atom. The van der Waals surface area contributed by atoms with E-state index in [1.807, 2.05) is 19.1 Å². The molecular weight excluding hydrogens is 320 g/mol. The Bertz CT molecular complexity index is 637. The number of benzene rings is 1. The predicted molar refractivity (Wildman–Crippen MR) is 101 cm³/mol. The normalized spacial score (nSPS) is 11.4. The van der Waals surface area contributed by atoms with Crippen LogP contribution in [0.25, 0.3) is 0 Å². The largest absolute Gasteiger partial charge is 0.497 e. The summed E-state index contributed by atoms with van der Waals surface area (Å²) in [6.07, 6.45) is 1.82. The number of hydrogen-bond donors (Lipinski definition) is 2. The van der Waals surface area contributed by atoms with Crippen LogP contribution in [-0.2, 0) is 12.8 Å². The molecule has 0 aliphatic heterocycles. The van der Waals surface area contributed by atoms with Gasteiger partial charge in [-0.1, -0.05) is 12.1 Å². The molecule has 0 amide bonds. The number of rotatable bonds is 8. The van der Waals surface area contributed by atoms with Crippen LogP contribution in [0.5, 0.6) is 5.75 Å². The van der Waals surface area contributed by atoms with Gasteiger partial charge in [0.1, 0.15) is 5.75 Å². The van der Waals surface area contributed by atoms with E-state index in [4.69, 9.17) is 4.74 Å². The lowest BCUT2D eigenvalue weighted by molar-refractivity contribution is 0.414. The van der Waals surface area contributed by atoms with Gasteiger partial charge in [0.05, 0.1) is 17.8 Å². The number of guanidine groups is 1. The van der Waals surface area contributed by atoms with Gasteiger partial charge in [-0.3, -0.25) is 4.99 Å². The van der Waals surface area contributed by atoms with Crippen LogP contribution in [0, 0.1) is 6.92 Å². The first-order valence-electron chi connectivity index (χ1n) is 8.27. The predicted octanol–water partition coefficient (Wildman–Crippen LogP) is 2.80. The Kier molecular flexibility index (Phi) is 7.55. The zero-order chi connectivity index (χ0) is 17.2. The smallest absolute Gasteiger partial charge is 0.191 e. The van der Waals surface area contributed by atoms with E-state index in [1.165, 1.54) is 5.56 Å². The molecule has 6 heteroatoms. The minimum absolute atomic E-state index is 0.737. The molecule has 1 heterocycles. The van der Waals surface area contributed by atoms with Gasteiger partial charge in [-0.2, -0.15) is 0 Å². The van der Waals surface area contributed by atoms with Crippen LogP contribution in [-0.4, -0.2) is 37.7 Å². The molecular formula is C18H26N4OS. The van der Waals surface area contributed by atoms with Crippen LogP contribution in [0.2, 0.25) is 0 Å². The number of nitrogens with zero attached hydrogens (tertiary/aromatic N) is 2. The maximum absolute atomic E-state index is 5.18. The number of aromatic nitrogens is 1. The van der Waals surface area contributed by atoms with Crippen molar-refractivity contribution in [2.75, 3.05) is 26.7 Å². The van der Waals surface area contributed by atoms with E-state index < -0.39 is 0 Å². The van der Waals surface area contributed by atoms with Crippen molar-refractivity contribution in [3.05, 3.63) is 45.9 Å². The molecule has 0 spiro atoms. The Balaban J connectivity index is 1.77. The first kappa shape index (κ1) is 18.3. The number of hydrogen-bond acceptors (Lipinski definition) is 4. The first-order chi connectivity index (χ1) is 11.7. The highest BCUT2D eigenvalue weighted by Gasteiger charge is 2.00. The van der Waals surface area contributed by atoms with Gasteiger partial charge in [-0.05, 0) is 38.0 Å². The van der Waals surface area contributed by atoms with E-state index in [9.17, 15) is 0 Å². The lowest BCUT2D eigenvalue weighted by Gasteiger charge is -2.11. The topological polar surface area (TPSA) is 58.5 Å². The third-order valence-electron chi connectivity index (χ3n) is 3.51. The second kappa shape index (κ2) is 9.93. The molecule has 0 saturated carbocycles. The molecule has 2 N–H and O–H groups in total. The third-order valence-corrected chi connectivity index (χ3v) is 4.34. The highest BCUT2D eigenvalue weighted by atomic mass is 32.1. The molecule has 5 nitrogen and oxygen atoms in total. The molecule has 0 aliphatic carbocycles. The van der Waals surface area contributed by atoms with Crippen LogP contribution >= 0.6 is 11.3 Å². The fourth-order valence-corrected chi connectivity index (χ4v) is 2.91. The summed E-state index contributed by atoms with van der Waals surface area (Å²) in [6.45, 7) is 6.53. The molecule has 0 atom stereocenters. The van der Waals surface area contributed by atoms with Crippen LogP contribution < -0.4 is 15.4 Å². The van der Waals surface area contributed by atoms with E-state index in [0.717, 1.165) is 54.9 Å². The second-order valence-electron chi connectivity index (χ2n) is 5.39. The van der Waals surface area contributed by atoms with Crippen molar-refractivity contribution in [1.82, 2.24) is 15.6 Å². The van der Waals surface area contributed by atoms with Crippen molar-refractivity contribution in [3.8, 4) is 5.75 Å². The average Bonchev–Trinajstić information content (AvgIpc) is 3.01. The molecule has 0 saturated heterocycles. The van der Waals surface area contributed by atoms with Crippen molar-refractivity contribution in [2.24, 2.45) is 4.99 Å². The summed E-state index contributed by atoms with van der Waals surface area (Å²) in [6, 6.07) is 8.17. The highest BCUT2D eigenvalue weighted by molar-refractivity contribution is 7.09. The van der Waals surface area contributed by atoms with E-state index in [2.05, 4.69) is 45.0 Å². The maximum Gasteiger partial charge on any atom is 0.191 e. The lowest BCUT2D eigenvalue weighted by atomic mass is 10.1. The van der Waals surface area contributed by atoms with Crippen molar-refractivity contribution in [2.45, 2.75) is 26.7 Å². The van der Waals surface area contributed by atoms with Crippen molar-refractivity contribution in [1.29, 1.82) is 0 Å². The Morgan fingerprint density at radius 2 is 2.00 bits per heavy atom. The highest BCUT2D eigenvalue weighted by Crippen LogP contribution is 2.11. The average molecular weight is 347 g/mol. The van der Waals surface area contributed by atoms with Crippen LogP contribution in [0.15, 0.2) is 34.6 Å². The zero-order valence-electron chi connectivity index (χ0n) is 14.6. The van der Waals surface area contributed by atoms with Crippen molar-refractivity contribution >= 4 is 17.3 Å². The fraction of sp³-hybridized carbons (Fsp3) is 0.444. The Hall–Kier alpha value is -2.08. The minimum atomic E-state index is 0.737. The molecule has 1 aromatic carbocycles. The van der Waals surface area contributed by atoms with Gasteiger partial charge in [0.2, 0.25) is 0 Å². The molecule has 0 aliphatic rings. The fourth-order valence-electron chi connectivity index (χ4n) is 2.26. The summed E-state index contributed by atoms with van der Waals surface area (Å²) in [7, 11) is 1.68. The van der Waals surface area contributed by atoms with E-state index in [1.54, 1.807) is 18.4 Å². The monoisotopic (exact) mass is 346 g/mol. The number of nitrogens with one attached hydrogen (secondary N) is 2. The molecule has 0 fully saturated rings. The zero-order valence-corrected chi connectivity index (χ0v) is 15.4. The summed E-state index contributed by atoms with van der Waals surface area (Å²) < 4.78 is 5.18. The van der Waals surface area contributed by atoms with Gasteiger partial charge in [-0.25, -0.2) is 4.98 Å². The maximum atomic E-state index is 5.18. The van der Waals surface area contributed by atoms with Gasteiger partial charge >= 0.3 is 0 Å². The van der Waals surface area contributed by atoms with Gasteiger partial charge in [0.15, 0.2) is 5.96 Å². The molecule has 2 rings (SSSR count). The quantitative estimate of drug-likeness (QED) is 0.570. The summed E-state index contributed by atoms with van der Waals surface area (Å²) in [5, 5.41) is 9.87. The number of ether oxygens (including phenoxy) is 1. The Labute approximate surface area is 148 Å². The third kappa shape index (κ3) is 6.20. The summed E-state index contributed by atoms with van der Waals surface area (Å²) in [5.74, 6) is 1.75. The molecule has 0 unspecified atom stereocenters. The molecule has 0 radical (unpaired) electrons. The van der Waals surface area contributed by atoms with Gasteiger partial charge in [0, 0.05) is 31.4 Å². The van der Waals surface area contributed by atoms with E-state index in [0.29, 0.717) is 0 Å². The Morgan fingerprint density at radius 1 is 1.21 bits per heavy atom. The number of thiazole rings is 1. The number of aryl methyl sites for hydroxylation is 1. The number of aliphatic imine (C=N–C) groups is 1. The second-order valence-corrected chi connectivity index (χ2v) is 6.46. The van der Waals surface area contributed by atoms with E-state index in [-0.39, 0.29) is 0 Å². The van der Waals surface area contributed by atoms with Gasteiger partial charge in [0.25, 0.3) is 0 Å². The summed E-state index contributed by atoms with van der Waals surface area (Å²) in [5.41, 5.74) is 2.40. The minimum Gasteiger partial charge on any atom is -0.497 e. The molecule has 1 aromatic heterocycles. The molecule has 0 bridgehead atoms. The molecule has 24 heavy (non-hydrogen) atoms. The van der Waals surface area contributed by atoms with Crippen LogP contribution in [0.1, 0.15) is 23.2 Å². The van der Waals surface area contributed by atoms with E-state index >= 15 is 0 Å². The standard InChI is InChI=1S/C18H26N4OS/c1-4-19-18(21-12-10-16-13-24-14(2)22-16)20-11-9-15-5-7-17(23-3)8-6-15/h5-8,13H,4,9-12H2,1-3H3,(H2,19,20,21). The number of methoxy groups -OCH3 is 1. The lowest BCUT2D eigenvalue weighted by Crippen LogP contribution is -2.38. The molecule has 130 valence electrons. The molecule has 2 aromatic rings. The SMILES string of the molecule is CCNC(=NCCc1csc(C)n1)NCCc1ccc(OC)cc1. The van der Waals surface area contributed by atoms with Crippen molar-refractivity contribution < 1.29 is 4.74 Å². The van der Waals surface area contributed by atoms with Gasteiger partial charge in [-0.15, -0.1) is 11.3 Å². The summed E-state index contributed by atoms with van der Waals surface area (Å²) >= 11 is 1.69.